The molecule has 1 amide bonds. The van der Waals surface area contributed by atoms with E-state index in [0.29, 0.717) is 33.7 Å². The van der Waals surface area contributed by atoms with Crippen LogP contribution in [0.15, 0.2) is 53.1 Å². The van der Waals surface area contributed by atoms with Crippen molar-refractivity contribution in [1.82, 2.24) is 4.90 Å². The summed E-state index contributed by atoms with van der Waals surface area (Å²) in [6.07, 6.45) is 0.127. The summed E-state index contributed by atoms with van der Waals surface area (Å²) in [7, 11) is 3.09. The number of methoxy groups -OCH3 is 2. The van der Waals surface area contributed by atoms with Gasteiger partial charge in [0, 0.05) is 17.9 Å². The van der Waals surface area contributed by atoms with E-state index in [0.717, 1.165) is 5.56 Å². The van der Waals surface area contributed by atoms with Crippen LogP contribution in [0.4, 0.5) is 10.1 Å². The lowest BCUT2D eigenvalue weighted by atomic mass is 9.85. The first-order valence-electron chi connectivity index (χ1n) is 9.36. The molecule has 1 saturated heterocycles. The van der Waals surface area contributed by atoms with Gasteiger partial charge in [-0.15, -0.1) is 0 Å². The molecule has 2 aliphatic rings. The number of nitriles is 1. The third kappa shape index (κ3) is 3.35. The van der Waals surface area contributed by atoms with Crippen LogP contribution in [-0.4, -0.2) is 37.6 Å². The van der Waals surface area contributed by atoms with Crippen LogP contribution in [0.1, 0.15) is 17.9 Å². The second-order valence-corrected chi connectivity index (χ2v) is 7.83. The molecule has 0 aliphatic carbocycles. The van der Waals surface area contributed by atoms with Gasteiger partial charge >= 0.3 is 0 Å². The number of allylic oxidation sites excluding steroid dienone is 1. The lowest BCUT2D eigenvalue weighted by Crippen LogP contribution is -2.47. The van der Waals surface area contributed by atoms with Crippen LogP contribution in [-0.2, 0) is 4.79 Å². The molecular weight excluding hydrogens is 405 g/mol. The number of halogens is 1. The van der Waals surface area contributed by atoms with E-state index >= 15 is 0 Å². The third-order valence-corrected chi connectivity index (χ3v) is 6.45. The number of carbonyl (C=O) groups is 1. The molecule has 2 aliphatic heterocycles. The predicted octanol–water partition coefficient (Wildman–Crippen LogP) is 4.06. The highest BCUT2D eigenvalue weighted by Gasteiger charge is 2.40. The number of para-hydroxylation sites is 2. The van der Waals surface area contributed by atoms with Gasteiger partial charge in [-0.05, 0) is 18.2 Å². The van der Waals surface area contributed by atoms with Crippen molar-refractivity contribution in [2.24, 2.45) is 0 Å². The molecule has 0 spiro atoms. The van der Waals surface area contributed by atoms with Crippen LogP contribution in [0.2, 0.25) is 0 Å². The number of hydrogen-bond acceptors (Lipinski definition) is 6. The van der Waals surface area contributed by atoms with E-state index in [9.17, 15) is 14.4 Å². The van der Waals surface area contributed by atoms with E-state index in [-0.39, 0.29) is 24.8 Å². The maximum Gasteiger partial charge on any atom is 0.229 e. The van der Waals surface area contributed by atoms with Crippen molar-refractivity contribution in [3.05, 3.63) is 64.4 Å². The zero-order valence-electron chi connectivity index (χ0n) is 16.6. The van der Waals surface area contributed by atoms with Crippen LogP contribution < -0.4 is 14.4 Å². The molecule has 2 heterocycles. The fourth-order valence-electron chi connectivity index (χ4n) is 3.88. The Hall–Kier alpha value is -3.18. The molecular formula is C22H20FN3O3S. The van der Waals surface area contributed by atoms with Gasteiger partial charge in [0.1, 0.15) is 5.82 Å². The van der Waals surface area contributed by atoms with Gasteiger partial charge in [0.15, 0.2) is 11.5 Å². The number of hydrogen-bond donors (Lipinski definition) is 0. The molecule has 30 heavy (non-hydrogen) atoms. The van der Waals surface area contributed by atoms with Gasteiger partial charge in [-0.25, -0.2) is 4.39 Å². The third-order valence-electron chi connectivity index (χ3n) is 5.30. The quantitative estimate of drug-likeness (QED) is 0.736. The zero-order chi connectivity index (χ0) is 21.3. The van der Waals surface area contributed by atoms with Crippen molar-refractivity contribution < 1.29 is 18.7 Å². The second-order valence-electron chi connectivity index (χ2n) is 6.90. The smallest absolute Gasteiger partial charge is 0.229 e. The molecule has 6 nitrogen and oxygen atoms in total. The number of ether oxygens (including phenoxy) is 2. The summed E-state index contributed by atoms with van der Waals surface area (Å²) in [5.74, 6) is 0.628. The zero-order valence-corrected chi connectivity index (χ0v) is 17.4. The van der Waals surface area contributed by atoms with Gasteiger partial charge < -0.3 is 14.4 Å². The first-order valence-corrected chi connectivity index (χ1v) is 10.3. The van der Waals surface area contributed by atoms with Crippen molar-refractivity contribution in [1.29, 1.82) is 5.26 Å². The molecule has 2 aromatic carbocycles. The molecule has 0 aromatic heterocycles. The van der Waals surface area contributed by atoms with Gasteiger partial charge in [0.25, 0.3) is 0 Å². The number of carbonyl (C=O) groups excluding carboxylic acids is 1. The van der Waals surface area contributed by atoms with Gasteiger partial charge in [0.05, 0.1) is 49.1 Å². The van der Waals surface area contributed by atoms with Gasteiger partial charge in [-0.3, -0.25) is 9.69 Å². The molecule has 1 atom stereocenters. The Labute approximate surface area is 178 Å². The highest BCUT2D eigenvalue weighted by Crippen LogP contribution is 2.47. The van der Waals surface area contributed by atoms with Crippen LogP contribution in [0.3, 0.4) is 0 Å². The standard InChI is InChI=1S/C22H20FN3O3S/c1-28-19-9-5-6-14(21(19)29-2)15-10-20(27)26-12-25(13-30-22(26)16(15)11-24)18-8-4-3-7-17(18)23/h3-9,15H,10,12-13H2,1-2H3/t15-/m1/s1. The van der Waals surface area contributed by atoms with Crippen molar-refractivity contribution in [2.45, 2.75) is 12.3 Å². The molecule has 0 radical (unpaired) electrons. The summed E-state index contributed by atoms with van der Waals surface area (Å²) in [4.78, 5) is 16.4. The Morgan fingerprint density at radius 2 is 1.97 bits per heavy atom. The first kappa shape index (κ1) is 20.1. The first-order chi connectivity index (χ1) is 14.6. The number of amides is 1. The summed E-state index contributed by atoms with van der Waals surface area (Å²) in [5.41, 5.74) is 1.69. The lowest BCUT2D eigenvalue weighted by Gasteiger charge is -2.42. The number of rotatable bonds is 4. The van der Waals surface area contributed by atoms with Crippen molar-refractivity contribution in [3.8, 4) is 17.6 Å². The number of thioether (sulfide) groups is 1. The Morgan fingerprint density at radius 3 is 2.67 bits per heavy atom. The fraction of sp³-hybridized carbons (Fsp3) is 0.273. The van der Waals surface area contributed by atoms with Crippen LogP contribution in [0.5, 0.6) is 11.5 Å². The van der Waals surface area contributed by atoms with Gasteiger partial charge in [-0.1, -0.05) is 36.0 Å². The number of anilines is 1. The van der Waals surface area contributed by atoms with E-state index in [1.807, 2.05) is 12.1 Å². The lowest BCUT2D eigenvalue weighted by molar-refractivity contribution is -0.129. The van der Waals surface area contributed by atoms with Crippen molar-refractivity contribution in [3.63, 3.8) is 0 Å². The number of nitrogens with zero attached hydrogens (tertiary/aromatic N) is 3. The summed E-state index contributed by atoms with van der Waals surface area (Å²) >= 11 is 1.37. The molecule has 1 fully saturated rings. The molecule has 154 valence electrons. The van der Waals surface area contributed by atoms with E-state index in [4.69, 9.17) is 9.47 Å². The average molecular weight is 425 g/mol. The fourth-order valence-corrected chi connectivity index (χ4v) is 5.03. The van der Waals surface area contributed by atoms with E-state index in [2.05, 4.69) is 6.07 Å². The molecule has 0 bridgehead atoms. The van der Waals surface area contributed by atoms with Crippen LogP contribution in [0.25, 0.3) is 0 Å². The second kappa shape index (κ2) is 8.28. The van der Waals surface area contributed by atoms with E-state index in [1.165, 1.54) is 17.8 Å². The Bertz CT molecular complexity index is 1070. The minimum Gasteiger partial charge on any atom is -0.493 e. The highest BCUT2D eigenvalue weighted by molar-refractivity contribution is 8.03. The molecule has 0 N–H and O–H groups in total. The Kier molecular flexibility index (Phi) is 5.55. The predicted molar refractivity (Wildman–Crippen MR) is 113 cm³/mol. The van der Waals surface area contributed by atoms with Crippen LogP contribution in [0, 0.1) is 17.1 Å². The summed E-state index contributed by atoms with van der Waals surface area (Å²) in [6, 6.07) is 14.2. The van der Waals surface area contributed by atoms with E-state index in [1.54, 1.807) is 48.3 Å². The van der Waals surface area contributed by atoms with Gasteiger partial charge in [0.2, 0.25) is 5.91 Å². The number of benzene rings is 2. The molecule has 0 unspecified atom stereocenters. The Balaban J connectivity index is 1.72. The highest BCUT2D eigenvalue weighted by atomic mass is 32.2. The van der Waals surface area contributed by atoms with Crippen molar-refractivity contribution >= 4 is 23.4 Å². The maximum absolute atomic E-state index is 14.2. The molecule has 2 aromatic rings. The number of fused-ring (bicyclic) bond motifs is 1. The minimum atomic E-state index is -0.425. The Morgan fingerprint density at radius 1 is 1.17 bits per heavy atom. The van der Waals surface area contributed by atoms with Crippen LogP contribution >= 0.6 is 11.8 Å². The molecule has 8 heteroatoms. The monoisotopic (exact) mass is 425 g/mol. The minimum absolute atomic E-state index is 0.118. The maximum atomic E-state index is 14.2. The largest absolute Gasteiger partial charge is 0.493 e. The molecule has 4 rings (SSSR count). The normalized spacial score (nSPS) is 18.7. The average Bonchev–Trinajstić information content (AvgIpc) is 2.78. The topological polar surface area (TPSA) is 65.8 Å². The summed E-state index contributed by atoms with van der Waals surface area (Å²) in [6.45, 7) is 0.204. The SMILES string of the molecule is COc1cccc([C@H]2CC(=O)N3CN(c4ccccc4F)CSC3=C2C#N)c1OC. The van der Waals surface area contributed by atoms with Crippen molar-refractivity contribution in [2.75, 3.05) is 31.7 Å². The summed E-state index contributed by atoms with van der Waals surface area (Å²) in [5, 5.41) is 10.6. The van der Waals surface area contributed by atoms with Gasteiger partial charge in [-0.2, -0.15) is 5.26 Å². The molecule has 0 saturated carbocycles. The van der Waals surface area contributed by atoms with E-state index < -0.39 is 5.92 Å². The summed E-state index contributed by atoms with van der Waals surface area (Å²) < 4.78 is 25.1.